The molecule has 0 aromatic heterocycles. The van der Waals surface area contributed by atoms with Gasteiger partial charge >= 0.3 is 0 Å². The lowest BCUT2D eigenvalue weighted by atomic mass is 9.61. The number of halogens is 2. The van der Waals surface area contributed by atoms with Gasteiger partial charge in [-0.25, -0.2) is 0 Å². The summed E-state index contributed by atoms with van der Waals surface area (Å²) in [4.78, 5) is 5.01. The SMILES string of the molecule is CC12CCCCC1(C)N(c1cc(O)cc(Cl)c1)c1ccccc12.Cc1cc(Cl)cc(N2c3ccc(C(C)(C)C)cc3C3(C)CCCCC23C)c1. The average molecular weight is 710 g/mol. The summed E-state index contributed by atoms with van der Waals surface area (Å²) in [6, 6.07) is 27.7. The Hall–Kier alpha value is -3.14. The number of benzene rings is 4. The Morgan fingerprint density at radius 1 is 0.600 bits per heavy atom. The largest absolute Gasteiger partial charge is 0.508 e. The third-order valence-corrected chi connectivity index (χ3v) is 13.8. The van der Waals surface area contributed by atoms with E-state index in [4.69, 9.17) is 23.2 Å². The van der Waals surface area contributed by atoms with Gasteiger partial charge in [0.2, 0.25) is 0 Å². The van der Waals surface area contributed by atoms with E-state index in [1.54, 1.807) is 6.07 Å². The van der Waals surface area contributed by atoms with Gasteiger partial charge in [0.15, 0.2) is 0 Å². The molecule has 5 heteroatoms. The van der Waals surface area contributed by atoms with Crippen LogP contribution in [0.15, 0.2) is 78.9 Å². The third-order valence-electron chi connectivity index (χ3n) is 13.4. The summed E-state index contributed by atoms with van der Waals surface area (Å²) < 4.78 is 0. The molecule has 8 rings (SSSR count). The first-order valence-electron chi connectivity index (χ1n) is 18.6. The van der Waals surface area contributed by atoms with E-state index in [1.165, 1.54) is 84.3 Å². The first-order chi connectivity index (χ1) is 23.5. The second-order valence-electron chi connectivity index (χ2n) is 17.5. The lowest BCUT2D eigenvalue weighted by Crippen LogP contribution is -2.54. The average Bonchev–Trinajstić information content (AvgIpc) is 3.38. The zero-order valence-electron chi connectivity index (χ0n) is 31.3. The number of nitrogens with zero attached hydrogens (tertiary/aromatic N) is 2. The van der Waals surface area contributed by atoms with Crippen LogP contribution in [0.3, 0.4) is 0 Å². The van der Waals surface area contributed by atoms with Crippen LogP contribution >= 0.6 is 23.2 Å². The molecule has 50 heavy (non-hydrogen) atoms. The predicted molar refractivity (Wildman–Crippen MR) is 214 cm³/mol. The van der Waals surface area contributed by atoms with Crippen LogP contribution < -0.4 is 9.80 Å². The molecule has 0 radical (unpaired) electrons. The van der Waals surface area contributed by atoms with Crippen LogP contribution in [0.5, 0.6) is 5.75 Å². The smallest absolute Gasteiger partial charge is 0.119 e. The summed E-state index contributed by atoms with van der Waals surface area (Å²) in [5, 5.41) is 11.4. The van der Waals surface area contributed by atoms with Crippen molar-refractivity contribution in [2.75, 3.05) is 9.80 Å². The molecule has 0 saturated heterocycles. The van der Waals surface area contributed by atoms with Crippen molar-refractivity contribution >= 4 is 46.0 Å². The van der Waals surface area contributed by atoms with Crippen molar-refractivity contribution in [2.45, 2.75) is 134 Å². The second kappa shape index (κ2) is 12.2. The Kier molecular flexibility index (Phi) is 8.63. The molecular weight excluding hydrogens is 655 g/mol. The molecule has 0 bridgehead atoms. The Bertz CT molecular complexity index is 1910. The maximum atomic E-state index is 10.0. The molecule has 1 N–H and O–H groups in total. The van der Waals surface area contributed by atoms with Crippen molar-refractivity contribution in [3.63, 3.8) is 0 Å². The van der Waals surface area contributed by atoms with Gasteiger partial charge in [-0.15, -0.1) is 0 Å². The number of phenolic OH excluding ortho intramolecular Hbond substituents is 1. The highest BCUT2D eigenvalue weighted by atomic mass is 35.5. The Labute approximate surface area is 310 Å². The molecule has 4 aliphatic rings. The number of anilines is 4. The van der Waals surface area contributed by atoms with Gasteiger partial charge < -0.3 is 14.9 Å². The Morgan fingerprint density at radius 3 is 1.70 bits per heavy atom. The van der Waals surface area contributed by atoms with Gasteiger partial charge in [0, 0.05) is 49.7 Å². The van der Waals surface area contributed by atoms with Gasteiger partial charge in [-0.1, -0.05) is 114 Å². The topological polar surface area (TPSA) is 26.7 Å². The van der Waals surface area contributed by atoms with E-state index >= 15 is 0 Å². The monoisotopic (exact) mass is 708 g/mol. The number of para-hydroxylation sites is 1. The van der Waals surface area contributed by atoms with E-state index < -0.39 is 0 Å². The minimum Gasteiger partial charge on any atom is -0.508 e. The molecule has 2 heterocycles. The van der Waals surface area contributed by atoms with Gasteiger partial charge in [-0.05, 0) is 117 Å². The number of hydrogen-bond donors (Lipinski definition) is 1. The minimum atomic E-state index is 0.00601. The van der Waals surface area contributed by atoms with Crippen molar-refractivity contribution in [2.24, 2.45) is 0 Å². The summed E-state index contributed by atoms with van der Waals surface area (Å²) in [6.07, 6.45) is 9.93. The first-order valence-corrected chi connectivity index (χ1v) is 19.4. The number of aromatic hydroxyl groups is 1. The summed E-state index contributed by atoms with van der Waals surface area (Å²) in [6.45, 7) is 18.8. The highest BCUT2D eigenvalue weighted by Gasteiger charge is 2.59. The standard InChI is InChI=1S/C25H32ClN.C20H22ClNO/c1-17-13-19(26)16-20(14-17)27-22-10-9-18(23(2,3)4)15-21(22)24(5)11-7-8-12-25(24,27)6;1-19-9-5-6-10-20(19,2)22(18-8-4-3-7-17(18)19)15-11-14(21)12-16(23)13-15/h9-10,13-16H,7-8,11-12H2,1-6H3;3-4,7-8,11-13,23H,5-6,9-10H2,1-2H3. The van der Waals surface area contributed by atoms with Crippen LogP contribution in [0, 0.1) is 6.92 Å². The second-order valence-corrected chi connectivity index (χ2v) is 18.3. The third kappa shape index (κ3) is 5.36. The van der Waals surface area contributed by atoms with E-state index in [0.717, 1.165) is 17.1 Å². The number of rotatable bonds is 2. The molecule has 2 aliphatic heterocycles. The number of aryl methyl sites for hydroxylation is 1. The van der Waals surface area contributed by atoms with Crippen LogP contribution in [0.2, 0.25) is 10.0 Å². The Morgan fingerprint density at radius 2 is 1.12 bits per heavy atom. The maximum absolute atomic E-state index is 10.0. The maximum Gasteiger partial charge on any atom is 0.119 e. The molecule has 4 aromatic rings. The fourth-order valence-corrected chi connectivity index (χ4v) is 10.7. The zero-order chi connectivity index (χ0) is 35.9. The fraction of sp³-hybridized carbons (Fsp3) is 0.467. The summed E-state index contributed by atoms with van der Waals surface area (Å²) in [7, 11) is 0. The molecule has 2 aliphatic carbocycles. The summed E-state index contributed by atoms with van der Waals surface area (Å²) in [5.74, 6) is 0.220. The van der Waals surface area contributed by atoms with Gasteiger partial charge in [-0.2, -0.15) is 0 Å². The quantitative estimate of drug-likeness (QED) is 0.224. The van der Waals surface area contributed by atoms with Gasteiger partial charge in [0.05, 0.1) is 11.1 Å². The zero-order valence-corrected chi connectivity index (χ0v) is 32.8. The minimum absolute atomic E-state index is 0.00601. The van der Waals surface area contributed by atoms with E-state index in [0.29, 0.717) is 5.02 Å². The van der Waals surface area contributed by atoms with E-state index in [1.807, 2.05) is 18.2 Å². The molecule has 2 fully saturated rings. The molecular formula is C45H54Cl2N2O. The lowest BCUT2D eigenvalue weighted by Gasteiger charge is -2.50. The highest BCUT2D eigenvalue weighted by molar-refractivity contribution is 6.31. The van der Waals surface area contributed by atoms with Crippen LogP contribution in [-0.2, 0) is 16.2 Å². The van der Waals surface area contributed by atoms with Crippen molar-refractivity contribution in [3.8, 4) is 5.75 Å². The first kappa shape index (κ1) is 35.3. The lowest BCUT2D eigenvalue weighted by molar-refractivity contribution is 0.194. The van der Waals surface area contributed by atoms with E-state index in [-0.39, 0.29) is 33.1 Å². The number of hydrogen-bond acceptors (Lipinski definition) is 3. The normalized spacial score (nSPS) is 28.3. The molecule has 3 nitrogen and oxygen atoms in total. The predicted octanol–water partition coefficient (Wildman–Crippen LogP) is 13.5. The number of fused-ring (bicyclic) bond motifs is 6. The summed E-state index contributed by atoms with van der Waals surface area (Å²) in [5.41, 5.74) is 11.0. The van der Waals surface area contributed by atoms with Gasteiger partial charge in [-0.3, -0.25) is 0 Å². The Balaban J connectivity index is 0.000000159. The molecule has 264 valence electrons. The molecule has 4 atom stereocenters. The van der Waals surface area contributed by atoms with Crippen LogP contribution in [-0.4, -0.2) is 16.2 Å². The molecule has 4 unspecified atom stereocenters. The highest BCUT2D eigenvalue weighted by Crippen LogP contribution is 2.62. The van der Waals surface area contributed by atoms with Crippen molar-refractivity contribution in [1.29, 1.82) is 0 Å². The molecule has 4 aromatic carbocycles. The van der Waals surface area contributed by atoms with Gasteiger partial charge in [0.1, 0.15) is 5.75 Å². The molecule has 0 amide bonds. The summed E-state index contributed by atoms with van der Waals surface area (Å²) >= 11 is 12.7. The van der Waals surface area contributed by atoms with Crippen LogP contribution in [0.4, 0.5) is 22.7 Å². The fourth-order valence-electron chi connectivity index (χ4n) is 10.2. The van der Waals surface area contributed by atoms with Crippen molar-refractivity contribution in [3.05, 3.63) is 111 Å². The molecule has 2 saturated carbocycles. The van der Waals surface area contributed by atoms with Crippen molar-refractivity contribution < 1.29 is 5.11 Å². The number of phenols is 1. The van der Waals surface area contributed by atoms with E-state index in [2.05, 4.69) is 120 Å². The van der Waals surface area contributed by atoms with Crippen molar-refractivity contribution in [1.82, 2.24) is 0 Å². The van der Waals surface area contributed by atoms with Crippen LogP contribution in [0.1, 0.15) is 122 Å². The van der Waals surface area contributed by atoms with Gasteiger partial charge in [0.25, 0.3) is 0 Å². The van der Waals surface area contributed by atoms with Crippen LogP contribution in [0.25, 0.3) is 0 Å². The van der Waals surface area contributed by atoms with E-state index in [9.17, 15) is 5.11 Å². The molecule has 0 spiro atoms.